The standard InChI is InChI=1S/C20H36O7P2.C19H34O7P2/c1-15(11-14-26-29(24,25)27-28(21,22)23)7-9-17-16(2)8-10-18-19(3,4)12-6-13-20(17,18)5;1-17(2)11-8-6-5-7-9-12-18(3)13-10-14-19(4)15-16-25-28(23,24)26-27(20,21)22/h11,17-18H,2,6-10,12-14H2,1,3-5H3,(H,24,25)(H2,21,22,23);5,7,11,13,15H,6,8-10,12,14,16H2,1-4H3,(H,23,24)(H2,20,21,22)/p-6/b15-11+;7-5+,18-13+,19-15+/t17-,18-,20+;/m1./s1. The predicted molar refractivity (Wildman–Crippen MR) is 212 cm³/mol. The van der Waals surface area contributed by atoms with E-state index in [2.05, 4.69) is 90.1 Å². The van der Waals surface area contributed by atoms with Crippen molar-refractivity contribution in [3.8, 4) is 0 Å². The van der Waals surface area contributed by atoms with E-state index < -0.39 is 31.3 Å². The number of unbranched alkanes of at least 4 members (excludes halogenated alkanes) is 1. The molecule has 0 aromatic heterocycles. The Bertz CT molecular complexity index is 1650. The van der Waals surface area contributed by atoms with Crippen molar-refractivity contribution in [3.05, 3.63) is 70.9 Å². The van der Waals surface area contributed by atoms with Gasteiger partial charge in [0.2, 0.25) is 0 Å². The van der Waals surface area contributed by atoms with Crippen LogP contribution in [0.25, 0.3) is 0 Å². The largest absolute Gasteiger partial charge is 0.790 e. The number of hydrogen-bond donors (Lipinski definition) is 0. The van der Waals surface area contributed by atoms with Gasteiger partial charge in [0.05, 0.1) is 28.9 Å². The van der Waals surface area contributed by atoms with Gasteiger partial charge in [-0.05, 0) is 134 Å². The average Bonchev–Trinajstić information content (AvgIpc) is 3.01. The first-order valence-electron chi connectivity index (χ1n) is 19.4. The average molecular weight is 881 g/mol. The molecule has 0 heterocycles. The number of rotatable bonds is 22. The summed E-state index contributed by atoms with van der Waals surface area (Å²) in [6, 6.07) is 0. The lowest BCUT2D eigenvalue weighted by Gasteiger charge is -2.58. The lowest BCUT2D eigenvalue weighted by atomic mass is 9.47. The van der Waals surface area contributed by atoms with Gasteiger partial charge in [-0.3, -0.25) is 17.8 Å². The first-order valence-corrected chi connectivity index (χ1v) is 25.2. The molecule has 0 amide bonds. The van der Waals surface area contributed by atoms with E-state index in [-0.39, 0.29) is 18.6 Å². The molecule has 2 aliphatic carbocycles. The second-order valence-electron chi connectivity index (χ2n) is 16.3. The maximum Gasteiger partial charge on any atom is 0.272 e. The maximum atomic E-state index is 11.3. The SMILES string of the molecule is C=C1CC[C@@H]2C(C)(C)CCC[C@@]2(C)[C@@H]1CC/C(C)=C/COP(=O)([O-])OP(=O)([O-])[O-].CC(C)=CCC/C=C/CC/C(C)=C/CC/C(C)=C/COP(=O)([O-])OP(=O)([O-])[O-]. The Labute approximate surface area is 341 Å². The first-order chi connectivity index (χ1) is 26.1. The topological polar surface area (TPSA) is 244 Å². The van der Waals surface area contributed by atoms with E-state index >= 15 is 0 Å². The minimum Gasteiger partial charge on any atom is -0.790 e. The molecular formula is C39H64O14P4-6. The minimum absolute atomic E-state index is 0.232. The Morgan fingerprint density at radius 1 is 0.684 bits per heavy atom. The fraction of sp³-hybridized carbons (Fsp3) is 0.692. The quantitative estimate of drug-likeness (QED) is 0.0570. The summed E-state index contributed by atoms with van der Waals surface area (Å²) >= 11 is 0. The van der Waals surface area contributed by atoms with Crippen LogP contribution in [-0.2, 0) is 35.9 Å². The Hall–Kier alpha value is -1.04. The van der Waals surface area contributed by atoms with Gasteiger partial charge in [-0.1, -0.05) is 98.1 Å². The zero-order valence-electron chi connectivity index (χ0n) is 34.9. The third kappa shape index (κ3) is 23.5. The Morgan fingerprint density at radius 3 is 1.70 bits per heavy atom. The van der Waals surface area contributed by atoms with Crippen molar-refractivity contribution >= 4 is 31.3 Å². The zero-order valence-corrected chi connectivity index (χ0v) is 38.5. The van der Waals surface area contributed by atoms with E-state index in [9.17, 15) is 47.6 Å². The highest BCUT2D eigenvalue weighted by atomic mass is 31.3. The third-order valence-electron chi connectivity index (χ3n) is 10.7. The van der Waals surface area contributed by atoms with E-state index in [1.54, 1.807) is 6.08 Å². The molecule has 5 atom stereocenters. The molecule has 0 aromatic carbocycles. The van der Waals surface area contributed by atoms with Gasteiger partial charge < -0.3 is 47.5 Å². The van der Waals surface area contributed by atoms with Crippen LogP contribution in [0.5, 0.6) is 0 Å². The molecule has 0 aromatic rings. The lowest BCUT2D eigenvalue weighted by molar-refractivity contribution is -0.342. The van der Waals surface area contributed by atoms with Crippen molar-refractivity contribution in [2.75, 3.05) is 13.2 Å². The molecule has 0 spiro atoms. The van der Waals surface area contributed by atoms with Gasteiger partial charge in [0, 0.05) is 0 Å². The van der Waals surface area contributed by atoms with Crippen molar-refractivity contribution in [1.82, 2.24) is 0 Å². The summed E-state index contributed by atoms with van der Waals surface area (Å²) < 4.78 is 58.7. The fourth-order valence-electron chi connectivity index (χ4n) is 7.88. The summed E-state index contributed by atoms with van der Waals surface area (Å²) in [6.45, 7) is 20.7. The number of fused-ring (bicyclic) bond motifs is 1. The lowest BCUT2D eigenvalue weighted by Crippen LogP contribution is -2.49. The van der Waals surface area contributed by atoms with Crippen LogP contribution in [0.2, 0.25) is 0 Å². The van der Waals surface area contributed by atoms with Gasteiger partial charge in [-0.15, -0.1) is 0 Å². The van der Waals surface area contributed by atoms with Gasteiger partial charge >= 0.3 is 0 Å². The molecule has 0 radical (unpaired) electrons. The molecule has 0 saturated heterocycles. The van der Waals surface area contributed by atoms with Gasteiger partial charge in [0.25, 0.3) is 15.6 Å². The van der Waals surface area contributed by atoms with E-state index in [0.29, 0.717) is 23.7 Å². The number of phosphoric ester groups is 2. The molecule has 0 aliphatic heterocycles. The molecule has 2 aliphatic rings. The van der Waals surface area contributed by atoms with E-state index in [4.69, 9.17) is 0 Å². The second kappa shape index (κ2) is 24.4. The van der Waals surface area contributed by atoms with Gasteiger partial charge in [-0.25, -0.2) is 0 Å². The highest BCUT2D eigenvalue weighted by Gasteiger charge is 2.52. The van der Waals surface area contributed by atoms with Crippen LogP contribution in [0, 0.1) is 22.7 Å². The Morgan fingerprint density at radius 2 is 1.18 bits per heavy atom. The van der Waals surface area contributed by atoms with Crippen LogP contribution in [0.4, 0.5) is 0 Å². The molecule has 0 bridgehead atoms. The monoisotopic (exact) mass is 880 g/mol. The summed E-state index contributed by atoms with van der Waals surface area (Å²) in [5, 5.41) is 0. The minimum atomic E-state index is -5.65. The van der Waals surface area contributed by atoms with Gasteiger partial charge in [0.1, 0.15) is 0 Å². The highest BCUT2D eigenvalue weighted by molar-refractivity contribution is 7.59. The summed E-state index contributed by atoms with van der Waals surface area (Å²) in [5.41, 5.74) is 6.33. The predicted octanol–water partition coefficient (Wildman–Crippen LogP) is 7.91. The molecule has 57 heavy (non-hydrogen) atoms. The molecule has 330 valence electrons. The molecule has 14 nitrogen and oxygen atoms in total. The van der Waals surface area contributed by atoms with Gasteiger partial charge in [-0.2, -0.15) is 0 Å². The van der Waals surface area contributed by atoms with Crippen molar-refractivity contribution in [3.63, 3.8) is 0 Å². The van der Waals surface area contributed by atoms with Crippen LogP contribution in [-0.4, -0.2) is 13.2 Å². The fourth-order valence-corrected chi connectivity index (χ4v) is 10.7. The smallest absolute Gasteiger partial charge is 0.272 e. The van der Waals surface area contributed by atoms with Crippen LogP contribution in [0.15, 0.2) is 70.9 Å². The maximum absolute atomic E-state index is 11.3. The molecule has 2 unspecified atom stereocenters. The zero-order chi connectivity index (χ0) is 43.7. The molecule has 18 heteroatoms. The normalized spacial score (nSPS) is 24.2. The van der Waals surface area contributed by atoms with Crippen molar-refractivity contribution in [2.24, 2.45) is 22.7 Å². The van der Waals surface area contributed by atoms with E-state index in [1.807, 2.05) is 13.8 Å². The summed E-state index contributed by atoms with van der Waals surface area (Å²) in [7, 11) is -21.6. The summed E-state index contributed by atoms with van der Waals surface area (Å²) in [6.07, 6.45) is 25.2. The van der Waals surface area contributed by atoms with E-state index in [0.717, 1.165) is 62.5 Å². The van der Waals surface area contributed by atoms with Crippen LogP contribution >= 0.6 is 31.3 Å². The molecule has 2 rings (SSSR count). The van der Waals surface area contributed by atoms with Crippen molar-refractivity contribution < 1.29 is 65.3 Å². The van der Waals surface area contributed by atoms with E-state index in [1.165, 1.54) is 48.5 Å². The second-order valence-corrected chi connectivity index (χ2v) is 21.7. The van der Waals surface area contributed by atoms with Crippen molar-refractivity contribution in [1.29, 1.82) is 0 Å². The molecular weight excluding hydrogens is 816 g/mol. The third-order valence-corrected chi connectivity index (χ3v) is 14.8. The molecule has 2 saturated carbocycles. The highest BCUT2D eigenvalue weighted by Crippen LogP contribution is 2.62. The van der Waals surface area contributed by atoms with Crippen molar-refractivity contribution in [2.45, 2.75) is 139 Å². The number of phosphoric acid groups is 4. The first kappa shape index (κ1) is 54.0. The summed E-state index contributed by atoms with van der Waals surface area (Å²) in [4.78, 5) is 63.8. The van der Waals surface area contributed by atoms with Crippen LogP contribution in [0.1, 0.15) is 139 Å². The molecule has 2 fully saturated rings. The number of allylic oxidation sites excluding steroid dienone is 9. The van der Waals surface area contributed by atoms with Gasteiger partial charge in [0.15, 0.2) is 0 Å². The Kier molecular flexibility index (Phi) is 23.1. The van der Waals surface area contributed by atoms with Crippen LogP contribution in [0.3, 0.4) is 0 Å². The summed E-state index contributed by atoms with van der Waals surface area (Å²) in [5.74, 6) is 1.09. The molecule has 0 N–H and O–H groups in total. The Balaban J connectivity index is 0.000000571. The number of hydrogen-bond acceptors (Lipinski definition) is 14. The van der Waals surface area contributed by atoms with Crippen LogP contribution < -0.4 is 29.4 Å².